The molecule has 0 aromatic heterocycles. The molecule has 1 aliphatic carbocycles. The largest absolute Gasteiger partial charge is 0.507 e. The van der Waals surface area contributed by atoms with Gasteiger partial charge >= 0.3 is 0 Å². The highest BCUT2D eigenvalue weighted by molar-refractivity contribution is 9.10. The van der Waals surface area contributed by atoms with Crippen LogP contribution >= 0.6 is 28.3 Å². The maximum Gasteiger partial charge on any atom is 0.123 e. The van der Waals surface area contributed by atoms with Gasteiger partial charge in [0, 0.05) is 16.1 Å². The first-order valence-electron chi connectivity index (χ1n) is 5.32. The van der Waals surface area contributed by atoms with Gasteiger partial charge in [-0.15, -0.1) is 12.4 Å². The van der Waals surface area contributed by atoms with Crippen LogP contribution in [0.25, 0.3) is 0 Å². The number of hydrogen-bond acceptors (Lipinski definition) is 2. The third-order valence-electron chi connectivity index (χ3n) is 2.98. The first kappa shape index (κ1) is 13.8. The van der Waals surface area contributed by atoms with Gasteiger partial charge in [-0.1, -0.05) is 28.8 Å². The second-order valence-corrected chi connectivity index (χ2v) is 5.36. The van der Waals surface area contributed by atoms with Crippen LogP contribution in [0.4, 0.5) is 0 Å². The molecule has 0 amide bonds. The molecule has 0 spiro atoms. The minimum Gasteiger partial charge on any atom is -0.507 e. The number of rotatable bonds is 3. The molecular weight excluding hydrogens is 289 g/mol. The first-order valence-corrected chi connectivity index (χ1v) is 6.12. The van der Waals surface area contributed by atoms with Crippen LogP contribution in [0.5, 0.6) is 5.75 Å². The summed E-state index contributed by atoms with van der Waals surface area (Å²) in [5.74, 6) is 1.13. The van der Waals surface area contributed by atoms with Crippen molar-refractivity contribution in [2.75, 3.05) is 0 Å². The number of aryl methyl sites for hydroxylation is 1. The van der Waals surface area contributed by atoms with E-state index < -0.39 is 0 Å². The highest BCUT2D eigenvalue weighted by Crippen LogP contribution is 2.39. The maximum absolute atomic E-state index is 9.92. The van der Waals surface area contributed by atoms with Crippen molar-refractivity contribution in [1.82, 2.24) is 0 Å². The normalized spacial score (nSPS) is 16.7. The Morgan fingerprint density at radius 2 is 2.12 bits per heavy atom. The first-order chi connectivity index (χ1) is 7.08. The van der Waals surface area contributed by atoms with E-state index in [1.807, 2.05) is 19.1 Å². The summed E-state index contributed by atoms with van der Waals surface area (Å²) in [5.41, 5.74) is 7.84. The van der Waals surface area contributed by atoms with Crippen molar-refractivity contribution in [2.45, 2.75) is 32.2 Å². The van der Waals surface area contributed by atoms with Crippen LogP contribution in [0.15, 0.2) is 16.6 Å². The van der Waals surface area contributed by atoms with Crippen molar-refractivity contribution < 1.29 is 5.11 Å². The van der Waals surface area contributed by atoms with Gasteiger partial charge in [0.05, 0.1) is 0 Å². The number of hydrogen-bond donors (Lipinski definition) is 2. The summed E-state index contributed by atoms with van der Waals surface area (Å²) >= 11 is 3.43. The number of halogens is 2. The van der Waals surface area contributed by atoms with E-state index in [1.54, 1.807) is 0 Å². The zero-order chi connectivity index (χ0) is 11.0. The zero-order valence-corrected chi connectivity index (χ0v) is 11.6. The lowest BCUT2D eigenvalue weighted by atomic mass is 9.99. The van der Waals surface area contributed by atoms with E-state index in [9.17, 15) is 5.11 Å². The molecule has 1 aliphatic rings. The summed E-state index contributed by atoms with van der Waals surface area (Å²) in [7, 11) is 0. The van der Waals surface area contributed by atoms with Crippen LogP contribution in [-0.2, 0) is 0 Å². The molecule has 4 heteroatoms. The molecule has 0 saturated heterocycles. The Kier molecular flexibility index (Phi) is 4.65. The lowest BCUT2D eigenvalue weighted by Gasteiger charge is -2.15. The minimum atomic E-state index is -0.0336. The third kappa shape index (κ3) is 3.12. The van der Waals surface area contributed by atoms with Crippen molar-refractivity contribution in [3.8, 4) is 5.75 Å². The molecule has 2 rings (SSSR count). The number of phenolic OH excluding ortho intramolecular Hbond substituents is 1. The molecule has 90 valence electrons. The molecule has 3 N–H and O–H groups in total. The fourth-order valence-electron chi connectivity index (χ4n) is 1.88. The topological polar surface area (TPSA) is 46.2 Å². The molecule has 16 heavy (non-hydrogen) atoms. The average Bonchev–Trinajstić information content (AvgIpc) is 2.94. The molecule has 0 unspecified atom stereocenters. The highest BCUT2D eigenvalue weighted by atomic mass is 79.9. The summed E-state index contributed by atoms with van der Waals surface area (Å²) in [6.45, 7) is 1.90. The summed E-state index contributed by atoms with van der Waals surface area (Å²) in [6, 6.07) is 3.80. The molecule has 1 fully saturated rings. The Hall–Kier alpha value is -0.250. The van der Waals surface area contributed by atoms with Crippen LogP contribution < -0.4 is 5.73 Å². The number of nitrogens with two attached hydrogens (primary N) is 1. The van der Waals surface area contributed by atoms with E-state index in [2.05, 4.69) is 15.9 Å². The minimum absolute atomic E-state index is 0. The van der Waals surface area contributed by atoms with Gasteiger partial charge in [0.2, 0.25) is 0 Å². The van der Waals surface area contributed by atoms with Crippen LogP contribution in [0.3, 0.4) is 0 Å². The molecule has 0 heterocycles. The van der Waals surface area contributed by atoms with Crippen LogP contribution in [0, 0.1) is 12.8 Å². The van der Waals surface area contributed by atoms with Gasteiger partial charge in [-0.2, -0.15) is 0 Å². The predicted molar refractivity (Wildman–Crippen MR) is 72.1 cm³/mol. The second kappa shape index (κ2) is 5.39. The van der Waals surface area contributed by atoms with E-state index in [-0.39, 0.29) is 18.4 Å². The fourth-order valence-corrected chi connectivity index (χ4v) is 2.47. The average molecular weight is 307 g/mol. The van der Waals surface area contributed by atoms with E-state index >= 15 is 0 Å². The molecule has 1 aromatic rings. The SMILES string of the molecule is Cc1cc(Br)cc([C@H](N)CC2CC2)c1O.Cl. The summed E-state index contributed by atoms with van der Waals surface area (Å²) in [4.78, 5) is 0. The van der Waals surface area contributed by atoms with Gasteiger partial charge in [0.25, 0.3) is 0 Å². The Morgan fingerprint density at radius 1 is 1.50 bits per heavy atom. The Bertz CT molecular complexity index is 380. The molecule has 0 aliphatic heterocycles. The summed E-state index contributed by atoms with van der Waals surface area (Å²) in [5, 5.41) is 9.92. The van der Waals surface area contributed by atoms with E-state index in [1.165, 1.54) is 12.8 Å². The second-order valence-electron chi connectivity index (χ2n) is 4.45. The molecular formula is C12H17BrClNO. The van der Waals surface area contributed by atoms with E-state index in [4.69, 9.17) is 5.73 Å². The fraction of sp³-hybridized carbons (Fsp3) is 0.500. The molecule has 1 atom stereocenters. The number of benzene rings is 1. The summed E-state index contributed by atoms with van der Waals surface area (Å²) in [6.07, 6.45) is 3.58. The third-order valence-corrected chi connectivity index (χ3v) is 3.44. The molecule has 1 saturated carbocycles. The predicted octanol–water partition coefficient (Wildman–Crippen LogP) is 3.68. The molecule has 1 aromatic carbocycles. The zero-order valence-electron chi connectivity index (χ0n) is 9.24. The van der Waals surface area contributed by atoms with Gasteiger partial charge in [-0.05, 0) is 37.0 Å². The van der Waals surface area contributed by atoms with Crippen LogP contribution in [0.2, 0.25) is 0 Å². The van der Waals surface area contributed by atoms with Crippen molar-refractivity contribution in [3.63, 3.8) is 0 Å². The maximum atomic E-state index is 9.92. The quantitative estimate of drug-likeness (QED) is 0.894. The van der Waals surface area contributed by atoms with Gasteiger partial charge < -0.3 is 10.8 Å². The van der Waals surface area contributed by atoms with Crippen molar-refractivity contribution in [2.24, 2.45) is 11.7 Å². The lowest BCUT2D eigenvalue weighted by molar-refractivity contribution is 0.451. The van der Waals surface area contributed by atoms with E-state index in [0.717, 1.165) is 27.9 Å². The molecule has 0 bridgehead atoms. The highest BCUT2D eigenvalue weighted by Gasteiger charge is 2.26. The standard InChI is InChI=1S/C12H16BrNO.ClH/c1-7-4-9(13)6-10(12(7)15)11(14)5-8-2-3-8;/h4,6,8,11,15H,2-3,5,14H2,1H3;1H/t11-;/m1./s1. The summed E-state index contributed by atoms with van der Waals surface area (Å²) < 4.78 is 0.985. The lowest BCUT2D eigenvalue weighted by Crippen LogP contribution is -2.11. The molecule has 0 radical (unpaired) electrons. The number of aromatic hydroxyl groups is 1. The Balaban J connectivity index is 0.00000128. The van der Waals surface area contributed by atoms with Gasteiger partial charge in [0.15, 0.2) is 0 Å². The smallest absolute Gasteiger partial charge is 0.123 e. The monoisotopic (exact) mass is 305 g/mol. The molecule has 2 nitrogen and oxygen atoms in total. The van der Waals surface area contributed by atoms with Gasteiger partial charge in [-0.3, -0.25) is 0 Å². The Morgan fingerprint density at radius 3 is 2.69 bits per heavy atom. The van der Waals surface area contributed by atoms with E-state index in [0.29, 0.717) is 5.75 Å². The van der Waals surface area contributed by atoms with Crippen LogP contribution in [-0.4, -0.2) is 5.11 Å². The van der Waals surface area contributed by atoms with Gasteiger partial charge in [-0.25, -0.2) is 0 Å². The number of phenols is 1. The van der Waals surface area contributed by atoms with Crippen molar-refractivity contribution in [1.29, 1.82) is 0 Å². The van der Waals surface area contributed by atoms with Crippen molar-refractivity contribution >= 4 is 28.3 Å². The van der Waals surface area contributed by atoms with Crippen LogP contribution in [0.1, 0.15) is 36.4 Å². The van der Waals surface area contributed by atoms with Gasteiger partial charge in [0.1, 0.15) is 5.75 Å². The van der Waals surface area contributed by atoms with Crippen molar-refractivity contribution in [3.05, 3.63) is 27.7 Å². The Labute approximate surface area is 111 Å².